The lowest BCUT2D eigenvalue weighted by Gasteiger charge is -2.33. The molecule has 0 radical (unpaired) electrons. The highest BCUT2D eigenvalue weighted by Crippen LogP contribution is 2.38. The van der Waals surface area contributed by atoms with Gasteiger partial charge in [0.2, 0.25) is 5.91 Å². The molecule has 12 heteroatoms. The number of halogens is 5. The topological polar surface area (TPSA) is 79.4 Å². The van der Waals surface area contributed by atoms with Crippen molar-refractivity contribution in [2.45, 2.75) is 43.9 Å². The molecule has 35 heavy (non-hydrogen) atoms. The summed E-state index contributed by atoms with van der Waals surface area (Å²) < 4.78 is 93.0. The lowest BCUT2D eigenvalue weighted by Crippen LogP contribution is -2.44. The molecular weight excluding hydrogens is 493 g/mol. The number of rotatable bonds is 5. The molecule has 1 aromatic carbocycles. The number of hydrogen-bond acceptors (Lipinski definition) is 5. The summed E-state index contributed by atoms with van der Waals surface area (Å²) in [7, 11) is -2.23. The summed E-state index contributed by atoms with van der Waals surface area (Å²) in [6, 6.07) is 2.00. The van der Waals surface area contributed by atoms with Crippen molar-refractivity contribution in [1.82, 2.24) is 9.88 Å². The standard InChI is InChI=1S/C23H24F5N3O3S/c1-31(22(32)13-6-8-35(33,34)9-7-13)21(23(26,27)28)20-5-2-14(12-29-20)30-15-10-16-17(11-15)19(25)4-3-18(16)24/h2-5,12-13,15,21,30H,6-11H2,1H3/t21-/m0/s1. The van der Waals surface area contributed by atoms with Gasteiger partial charge in [0, 0.05) is 19.0 Å². The number of nitrogens with one attached hydrogen (secondary N) is 1. The number of carbonyl (C=O) groups is 1. The molecule has 1 saturated heterocycles. The van der Waals surface area contributed by atoms with E-state index in [2.05, 4.69) is 10.3 Å². The lowest BCUT2D eigenvalue weighted by atomic mass is 9.99. The van der Waals surface area contributed by atoms with Crippen molar-refractivity contribution in [2.24, 2.45) is 5.92 Å². The molecule has 190 valence electrons. The van der Waals surface area contributed by atoms with E-state index in [1.807, 2.05) is 0 Å². The molecule has 1 aliphatic heterocycles. The Bertz CT molecular complexity index is 1170. The van der Waals surface area contributed by atoms with Crippen molar-refractivity contribution >= 4 is 21.4 Å². The van der Waals surface area contributed by atoms with Gasteiger partial charge in [-0.25, -0.2) is 17.2 Å². The molecule has 2 aliphatic rings. The first kappa shape index (κ1) is 25.3. The number of aromatic nitrogens is 1. The third-order valence-corrected chi connectivity index (χ3v) is 8.32. The minimum atomic E-state index is -4.81. The van der Waals surface area contributed by atoms with Crippen LogP contribution in [0.1, 0.15) is 35.7 Å². The molecule has 4 rings (SSSR count). The van der Waals surface area contributed by atoms with Crippen LogP contribution < -0.4 is 5.32 Å². The Balaban J connectivity index is 1.47. The minimum absolute atomic E-state index is 0.0165. The number of carbonyl (C=O) groups excluding carboxylic acids is 1. The number of fused-ring (bicyclic) bond motifs is 1. The Kier molecular flexibility index (Phi) is 6.78. The first-order chi connectivity index (χ1) is 16.4. The van der Waals surface area contributed by atoms with Gasteiger partial charge >= 0.3 is 6.18 Å². The number of pyridine rings is 1. The number of anilines is 1. The fourth-order valence-electron chi connectivity index (χ4n) is 4.77. The molecule has 2 aromatic rings. The van der Waals surface area contributed by atoms with Crippen LogP contribution in [-0.2, 0) is 27.5 Å². The van der Waals surface area contributed by atoms with Crippen molar-refractivity contribution in [3.63, 3.8) is 0 Å². The van der Waals surface area contributed by atoms with Gasteiger partial charge in [0.05, 0.1) is 29.1 Å². The molecule has 1 aromatic heterocycles. The van der Waals surface area contributed by atoms with Crippen molar-refractivity contribution in [3.05, 3.63) is 58.9 Å². The number of sulfone groups is 1. The Morgan fingerprint density at radius 2 is 1.63 bits per heavy atom. The SMILES string of the molecule is CN(C(=O)C1CCS(=O)(=O)CC1)[C@@H](c1ccc(NC2Cc3c(F)ccc(F)c3C2)cn1)C(F)(F)F. The second-order valence-corrected chi connectivity index (χ2v) is 11.3. The van der Waals surface area contributed by atoms with Crippen molar-refractivity contribution in [1.29, 1.82) is 0 Å². The number of alkyl halides is 3. The summed E-state index contributed by atoms with van der Waals surface area (Å²) in [5, 5.41) is 3.04. The molecule has 0 bridgehead atoms. The molecule has 6 nitrogen and oxygen atoms in total. The van der Waals surface area contributed by atoms with E-state index in [1.165, 1.54) is 12.3 Å². The Morgan fingerprint density at radius 1 is 1.06 bits per heavy atom. The molecule has 1 atom stereocenters. The van der Waals surface area contributed by atoms with Crippen LogP contribution in [0, 0.1) is 17.6 Å². The van der Waals surface area contributed by atoms with E-state index in [0.29, 0.717) is 10.6 Å². The quantitative estimate of drug-likeness (QED) is 0.610. The largest absolute Gasteiger partial charge is 0.414 e. The van der Waals surface area contributed by atoms with Gasteiger partial charge in [-0.2, -0.15) is 13.2 Å². The fraction of sp³-hybridized carbons (Fsp3) is 0.478. The van der Waals surface area contributed by atoms with E-state index >= 15 is 0 Å². The van der Waals surface area contributed by atoms with Crippen LogP contribution in [0.5, 0.6) is 0 Å². The molecule has 0 spiro atoms. The molecular formula is C23H24F5N3O3S. The van der Waals surface area contributed by atoms with Gasteiger partial charge in [-0.3, -0.25) is 9.78 Å². The van der Waals surface area contributed by atoms with Crippen LogP contribution in [0.15, 0.2) is 30.5 Å². The van der Waals surface area contributed by atoms with Crippen molar-refractivity contribution in [3.8, 4) is 0 Å². The van der Waals surface area contributed by atoms with Gasteiger partial charge in [-0.1, -0.05) is 0 Å². The highest BCUT2D eigenvalue weighted by Gasteiger charge is 2.47. The number of hydrogen-bond donors (Lipinski definition) is 1. The Labute approximate surface area is 199 Å². The Morgan fingerprint density at radius 3 is 2.11 bits per heavy atom. The predicted octanol–water partition coefficient (Wildman–Crippen LogP) is 3.83. The van der Waals surface area contributed by atoms with E-state index in [9.17, 15) is 35.2 Å². The molecule has 1 fully saturated rings. The molecule has 0 saturated carbocycles. The second-order valence-electron chi connectivity index (χ2n) is 9.03. The van der Waals surface area contributed by atoms with E-state index < -0.39 is 51.2 Å². The summed E-state index contributed by atoms with van der Waals surface area (Å²) in [6.45, 7) is 0. The van der Waals surface area contributed by atoms with Crippen LogP contribution in [-0.4, -0.2) is 55.0 Å². The second kappa shape index (κ2) is 9.36. The average Bonchev–Trinajstić information content (AvgIpc) is 3.21. The normalized spacial score (nSPS) is 19.3. The summed E-state index contributed by atoms with van der Waals surface area (Å²) in [6.07, 6.45) is -3.21. The smallest absolute Gasteiger partial charge is 0.380 e. The minimum Gasteiger partial charge on any atom is -0.380 e. The molecule has 1 amide bonds. The number of amides is 1. The highest BCUT2D eigenvalue weighted by atomic mass is 32.2. The lowest BCUT2D eigenvalue weighted by molar-refractivity contribution is -0.191. The van der Waals surface area contributed by atoms with Gasteiger partial charge in [0.1, 0.15) is 21.5 Å². The average molecular weight is 518 g/mol. The molecule has 2 heterocycles. The number of benzene rings is 1. The maximum absolute atomic E-state index is 14.0. The first-order valence-corrected chi connectivity index (χ1v) is 12.9. The zero-order chi connectivity index (χ0) is 25.5. The van der Waals surface area contributed by atoms with Crippen molar-refractivity contribution < 1.29 is 35.2 Å². The molecule has 1 aliphatic carbocycles. The van der Waals surface area contributed by atoms with Gasteiger partial charge < -0.3 is 10.2 Å². The Hall–Kier alpha value is -2.76. The predicted molar refractivity (Wildman–Crippen MR) is 118 cm³/mol. The van der Waals surface area contributed by atoms with Crippen molar-refractivity contribution in [2.75, 3.05) is 23.9 Å². The van der Waals surface area contributed by atoms with E-state index in [0.717, 1.165) is 25.2 Å². The fourth-order valence-corrected chi connectivity index (χ4v) is 6.26. The first-order valence-electron chi connectivity index (χ1n) is 11.1. The highest BCUT2D eigenvalue weighted by molar-refractivity contribution is 7.91. The van der Waals surface area contributed by atoms with E-state index in [-0.39, 0.29) is 54.4 Å². The summed E-state index contributed by atoms with van der Waals surface area (Å²) in [4.78, 5) is 17.3. The van der Waals surface area contributed by atoms with Gasteiger partial charge in [0.25, 0.3) is 0 Å². The maximum atomic E-state index is 14.0. The summed E-state index contributed by atoms with van der Waals surface area (Å²) in [5.74, 6) is -3.06. The van der Waals surface area contributed by atoms with Crippen LogP contribution >= 0.6 is 0 Å². The number of nitrogens with zero attached hydrogens (tertiary/aromatic N) is 2. The zero-order valence-corrected chi connectivity index (χ0v) is 19.6. The van der Waals surface area contributed by atoms with E-state index in [1.54, 1.807) is 0 Å². The van der Waals surface area contributed by atoms with Crippen LogP contribution in [0.25, 0.3) is 0 Å². The van der Waals surface area contributed by atoms with E-state index in [4.69, 9.17) is 0 Å². The third-order valence-electron chi connectivity index (χ3n) is 6.60. The third kappa shape index (κ3) is 5.41. The van der Waals surface area contributed by atoms with Crippen LogP contribution in [0.3, 0.4) is 0 Å². The van der Waals surface area contributed by atoms with Gasteiger partial charge in [0.15, 0.2) is 6.04 Å². The van der Waals surface area contributed by atoms with Gasteiger partial charge in [-0.05, 0) is 61.1 Å². The maximum Gasteiger partial charge on any atom is 0.414 e. The zero-order valence-electron chi connectivity index (χ0n) is 18.8. The summed E-state index contributed by atoms with van der Waals surface area (Å²) in [5.41, 5.74) is 0.536. The van der Waals surface area contributed by atoms with Crippen LogP contribution in [0.4, 0.5) is 27.6 Å². The van der Waals surface area contributed by atoms with Gasteiger partial charge in [-0.15, -0.1) is 0 Å². The summed E-state index contributed by atoms with van der Waals surface area (Å²) >= 11 is 0. The van der Waals surface area contributed by atoms with Crippen LogP contribution in [0.2, 0.25) is 0 Å². The molecule has 0 unspecified atom stereocenters. The molecule has 1 N–H and O–H groups in total. The monoisotopic (exact) mass is 517 g/mol.